The summed E-state index contributed by atoms with van der Waals surface area (Å²) in [6, 6.07) is 13.6. The van der Waals surface area contributed by atoms with Crippen LogP contribution in [0.4, 0.5) is 5.69 Å². The fourth-order valence-electron chi connectivity index (χ4n) is 2.93. The number of nitrogens with one attached hydrogen (secondary N) is 1. The number of hydrogen-bond donors (Lipinski definition) is 2. The minimum absolute atomic E-state index is 0.0721. The second-order valence-corrected chi connectivity index (χ2v) is 6.70. The SMILES string of the molecule is CCCON=C1C(c2c(O)[nH]c3ccc(Br)cc23)=Nc2ccccc21. The molecule has 0 aliphatic carbocycles. The maximum Gasteiger partial charge on any atom is 0.199 e. The molecule has 2 N–H and O–H groups in total. The number of aromatic nitrogens is 1. The third-order valence-corrected chi connectivity index (χ3v) is 4.54. The van der Waals surface area contributed by atoms with E-state index in [4.69, 9.17) is 9.83 Å². The number of para-hydroxylation sites is 1. The molecule has 0 saturated carbocycles. The van der Waals surface area contributed by atoms with Crippen LogP contribution in [0.15, 0.2) is 57.1 Å². The molecule has 0 atom stereocenters. The van der Waals surface area contributed by atoms with E-state index in [0.29, 0.717) is 23.6 Å². The van der Waals surface area contributed by atoms with Gasteiger partial charge in [0, 0.05) is 20.9 Å². The standard InChI is InChI=1S/C19H16BrN3O2/c1-2-9-25-23-17-12-5-3-4-6-14(12)21-18(17)16-13-10-11(20)7-8-15(13)22-19(16)24/h3-8,10,22,24H,2,9H2,1H3. The number of fused-ring (bicyclic) bond motifs is 2. The Morgan fingerprint density at radius 3 is 2.92 bits per heavy atom. The highest BCUT2D eigenvalue weighted by molar-refractivity contribution is 9.10. The van der Waals surface area contributed by atoms with Crippen molar-refractivity contribution in [3.05, 3.63) is 58.1 Å². The van der Waals surface area contributed by atoms with Crippen LogP contribution in [0.2, 0.25) is 0 Å². The summed E-state index contributed by atoms with van der Waals surface area (Å²) < 4.78 is 0.928. The average molecular weight is 398 g/mol. The molecular formula is C19H16BrN3O2. The van der Waals surface area contributed by atoms with E-state index >= 15 is 0 Å². The van der Waals surface area contributed by atoms with Crippen molar-refractivity contribution in [2.75, 3.05) is 6.61 Å². The van der Waals surface area contributed by atoms with Gasteiger partial charge in [-0.25, -0.2) is 4.99 Å². The highest BCUT2D eigenvalue weighted by Crippen LogP contribution is 2.36. The van der Waals surface area contributed by atoms with E-state index in [1.807, 2.05) is 49.4 Å². The summed E-state index contributed by atoms with van der Waals surface area (Å²) in [7, 11) is 0. The van der Waals surface area contributed by atoms with Crippen molar-refractivity contribution in [2.45, 2.75) is 13.3 Å². The molecule has 4 rings (SSSR count). The third-order valence-electron chi connectivity index (χ3n) is 4.04. The van der Waals surface area contributed by atoms with Crippen LogP contribution in [0.5, 0.6) is 5.88 Å². The first kappa shape index (κ1) is 15.9. The number of H-pyrrole nitrogens is 1. The van der Waals surface area contributed by atoms with Gasteiger partial charge in [-0.2, -0.15) is 0 Å². The van der Waals surface area contributed by atoms with E-state index in [1.165, 1.54) is 0 Å². The van der Waals surface area contributed by atoms with Crippen molar-refractivity contribution < 1.29 is 9.94 Å². The molecule has 6 heteroatoms. The lowest BCUT2D eigenvalue weighted by Gasteiger charge is -2.05. The average Bonchev–Trinajstić information content (AvgIpc) is 3.11. The molecule has 0 amide bonds. The number of aromatic amines is 1. The molecule has 3 aromatic rings. The number of nitrogens with zero attached hydrogens (tertiary/aromatic N) is 2. The van der Waals surface area contributed by atoms with Gasteiger partial charge in [-0.3, -0.25) is 0 Å². The number of halogens is 1. The normalized spacial score (nSPS) is 14.8. The van der Waals surface area contributed by atoms with Gasteiger partial charge < -0.3 is 14.9 Å². The number of aromatic hydroxyl groups is 1. The summed E-state index contributed by atoms with van der Waals surface area (Å²) in [5, 5.41) is 15.7. The molecule has 0 fully saturated rings. The second-order valence-electron chi connectivity index (χ2n) is 5.79. The summed E-state index contributed by atoms with van der Waals surface area (Å²) >= 11 is 3.49. The largest absolute Gasteiger partial charge is 0.494 e. The number of aliphatic imine (C=N–C) groups is 1. The predicted molar refractivity (Wildman–Crippen MR) is 103 cm³/mol. The fraction of sp³-hybridized carbons (Fsp3) is 0.158. The minimum atomic E-state index is 0.0721. The quantitative estimate of drug-likeness (QED) is 0.485. The van der Waals surface area contributed by atoms with Crippen LogP contribution in [-0.2, 0) is 4.84 Å². The molecular weight excluding hydrogens is 382 g/mol. The van der Waals surface area contributed by atoms with Gasteiger partial charge >= 0.3 is 0 Å². The zero-order chi connectivity index (χ0) is 17.4. The number of hydrogen-bond acceptors (Lipinski definition) is 4. The van der Waals surface area contributed by atoms with Gasteiger partial charge in [0.2, 0.25) is 0 Å². The monoisotopic (exact) mass is 397 g/mol. The Morgan fingerprint density at radius 1 is 1.24 bits per heavy atom. The molecule has 1 aliphatic rings. The first-order valence-corrected chi connectivity index (χ1v) is 8.87. The van der Waals surface area contributed by atoms with Crippen molar-refractivity contribution in [3.63, 3.8) is 0 Å². The lowest BCUT2D eigenvalue weighted by molar-refractivity contribution is 0.146. The molecule has 0 unspecified atom stereocenters. The van der Waals surface area contributed by atoms with Crippen molar-refractivity contribution in [3.8, 4) is 5.88 Å². The molecule has 5 nitrogen and oxygen atoms in total. The molecule has 1 aliphatic heterocycles. The molecule has 0 saturated heterocycles. The molecule has 0 radical (unpaired) electrons. The van der Waals surface area contributed by atoms with Crippen molar-refractivity contribution in [1.29, 1.82) is 0 Å². The molecule has 0 bridgehead atoms. The Labute approximate surface area is 153 Å². The highest BCUT2D eigenvalue weighted by Gasteiger charge is 2.29. The zero-order valence-electron chi connectivity index (χ0n) is 13.6. The highest BCUT2D eigenvalue weighted by atomic mass is 79.9. The Hall–Kier alpha value is -2.60. The number of benzene rings is 2. The van der Waals surface area contributed by atoms with Crippen molar-refractivity contribution >= 4 is 43.9 Å². The van der Waals surface area contributed by atoms with Crippen LogP contribution < -0.4 is 0 Å². The van der Waals surface area contributed by atoms with Crippen LogP contribution in [0.25, 0.3) is 10.9 Å². The maximum absolute atomic E-state index is 10.5. The minimum Gasteiger partial charge on any atom is -0.494 e. The Balaban J connectivity index is 1.91. The van der Waals surface area contributed by atoms with E-state index in [-0.39, 0.29) is 5.88 Å². The summed E-state index contributed by atoms with van der Waals surface area (Å²) in [6.07, 6.45) is 0.871. The van der Waals surface area contributed by atoms with E-state index in [1.54, 1.807) is 0 Å². The van der Waals surface area contributed by atoms with Crippen LogP contribution in [0, 0.1) is 0 Å². The summed E-state index contributed by atoms with van der Waals surface area (Å²) in [4.78, 5) is 13.1. The summed E-state index contributed by atoms with van der Waals surface area (Å²) in [6.45, 7) is 2.56. The summed E-state index contributed by atoms with van der Waals surface area (Å²) in [5.74, 6) is 0.0721. The summed E-state index contributed by atoms with van der Waals surface area (Å²) in [5.41, 5.74) is 4.44. The first-order valence-electron chi connectivity index (χ1n) is 8.08. The van der Waals surface area contributed by atoms with E-state index < -0.39 is 0 Å². The van der Waals surface area contributed by atoms with Gasteiger partial charge in [-0.1, -0.05) is 46.2 Å². The van der Waals surface area contributed by atoms with Crippen LogP contribution in [0.1, 0.15) is 24.5 Å². The Bertz CT molecular complexity index is 1020. The second kappa shape index (κ2) is 6.37. The zero-order valence-corrected chi connectivity index (χ0v) is 15.2. The molecule has 0 spiro atoms. The smallest absolute Gasteiger partial charge is 0.199 e. The lowest BCUT2D eigenvalue weighted by Crippen LogP contribution is -2.13. The van der Waals surface area contributed by atoms with Gasteiger partial charge in [-0.05, 0) is 30.7 Å². The van der Waals surface area contributed by atoms with Gasteiger partial charge in [-0.15, -0.1) is 0 Å². The first-order chi connectivity index (χ1) is 12.2. The van der Waals surface area contributed by atoms with Gasteiger partial charge in [0.25, 0.3) is 0 Å². The van der Waals surface area contributed by atoms with Gasteiger partial charge in [0.05, 0.1) is 11.3 Å². The van der Waals surface area contributed by atoms with Gasteiger partial charge in [0.15, 0.2) is 5.88 Å². The fourth-order valence-corrected chi connectivity index (χ4v) is 3.29. The molecule has 25 heavy (non-hydrogen) atoms. The van der Waals surface area contributed by atoms with Gasteiger partial charge in [0.1, 0.15) is 18.0 Å². The number of rotatable bonds is 4. The van der Waals surface area contributed by atoms with E-state index in [0.717, 1.165) is 33.0 Å². The predicted octanol–water partition coefficient (Wildman–Crippen LogP) is 4.90. The Morgan fingerprint density at radius 2 is 2.08 bits per heavy atom. The van der Waals surface area contributed by atoms with Crippen LogP contribution >= 0.6 is 15.9 Å². The van der Waals surface area contributed by atoms with E-state index in [9.17, 15) is 5.11 Å². The third kappa shape index (κ3) is 2.72. The molecule has 1 aromatic heterocycles. The van der Waals surface area contributed by atoms with Crippen LogP contribution in [-0.4, -0.2) is 28.1 Å². The number of oxime groups is 1. The van der Waals surface area contributed by atoms with E-state index in [2.05, 4.69) is 26.1 Å². The van der Waals surface area contributed by atoms with Crippen molar-refractivity contribution in [2.24, 2.45) is 10.1 Å². The molecule has 2 heterocycles. The maximum atomic E-state index is 10.5. The topological polar surface area (TPSA) is 70.0 Å². The Kier molecular flexibility index (Phi) is 4.05. The van der Waals surface area contributed by atoms with Crippen molar-refractivity contribution in [1.82, 2.24) is 4.98 Å². The molecule has 2 aromatic carbocycles. The molecule has 126 valence electrons. The van der Waals surface area contributed by atoms with Crippen LogP contribution in [0.3, 0.4) is 0 Å². The lowest BCUT2D eigenvalue weighted by atomic mass is 10.0.